The van der Waals surface area contributed by atoms with Crippen LogP contribution in [0.5, 0.6) is 5.75 Å². The number of likely N-dealkylation sites (tertiary alicyclic amines) is 1. The molecule has 0 aliphatic carbocycles. The van der Waals surface area contributed by atoms with Crippen LogP contribution in [0.15, 0.2) is 24.5 Å². The molecule has 0 radical (unpaired) electrons. The lowest BCUT2D eigenvalue weighted by Crippen LogP contribution is -2.24. The van der Waals surface area contributed by atoms with Crippen molar-refractivity contribution in [2.45, 2.75) is 25.8 Å². The Hall–Kier alpha value is -1.55. The normalized spacial score (nSPS) is 21.4. The number of hydrogen-bond acceptors (Lipinski definition) is 3. The molecule has 2 aromatic rings. The average molecular weight is 231 g/mol. The van der Waals surface area contributed by atoms with E-state index in [4.69, 9.17) is 0 Å². The smallest absolute Gasteiger partial charge is 0.141 e. The van der Waals surface area contributed by atoms with Gasteiger partial charge in [0.15, 0.2) is 0 Å². The molecule has 3 rings (SSSR count). The van der Waals surface area contributed by atoms with Crippen molar-refractivity contribution in [3.8, 4) is 5.75 Å². The molecule has 90 valence electrons. The van der Waals surface area contributed by atoms with E-state index in [1.807, 2.05) is 16.7 Å². The van der Waals surface area contributed by atoms with Crippen LogP contribution in [-0.2, 0) is 0 Å². The molecule has 17 heavy (non-hydrogen) atoms. The number of hydrogen-bond donors (Lipinski definition) is 1. The van der Waals surface area contributed by atoms with E-state index < -0.39 is 0 Å². The number of imidazole rings is 1. The molecule has 4 heteroatoms. The van der Waals surface area contributed by atoms with Crippen LogP contribution in [0.4, 0.5) is 0 Å². The molecular formula is C13H17N3O. The molecule has 1 fully saturated rings. The minimum absolute atomic E-state index is 0.298. The van der Waals surface area contributed by atoms with Gasteiger partial charge in [0.25, 0.3) is 0 Å². The predicted octanol–water partition coefficient (Wildman–Crippen LogP) is 2.20. The standard InChI is InChI=1S/C13H17N3O/c1-2-15-7-3-5-10(15)13-14-9-11-12(17)6-4-8-16(11)13/h4,6,8-10,17H,2-3,5,7H2,1H3. The van der Waals surface area contributed by atoms with Crippen LogP contribution < -0.4 is 0 Å². The van der Waals surface area contributed by atoms with Gasteiger partial charge in [0.1, 0.15) is 17.1 Å². The lowest BCUT2D eigenvalue weighted by atomic mass is 10.2. The number of pyridine rings is 1. The molecule has 3 heterocycles. The molecule has 0 aromatic carbocycles. The van der Waals surface area contributed by atoms with Crippen molar-refractivity contribution in [2.75, 3.05) is 13.1 Å². The zero-order chi connectivity index (χ0) is 11.8. The van der Waals surface area contributed by atoms with Gasteiger partial charge in [-0.15, -0.1) is 0 Å². The Labute approximate surface area is 101 Å². The maximum atomic E-state index is 9.78. The average Bonchev–Trinajstić information content (AvgIpc) is 2.94. The fourth-order valence-electron chi connectivity index (χ4n) is 2.77. The van der Waals surface area contributed by atoms with Crippen LogP contribution in [-0.4, -0.2) is 32.5 Å². The Balaban J connectivity index is 2.09. The van der Waals surface area contributed by atoms with E-state index in [1.54, 1.807) is 12.3 Å². The number of aromatic hydroxyl groups is 1. The summed E-state index contributed by atoms with van der Waals surface area (Å²) in [7, 11) is 0. The van der Waals surface area contributed by atoms with Crippen LogP contribution in [0.25, 0.3) is 5.52 Å². The van der Waals surface area contributed by atoms with Crippen LogP contribution in [0.2, 0.25) is 0 Å². The SMILES string of the molecule is CCN1CCCC1c1ncc2c(O)cccn12. The number of rotatable bonds is 2. The third-order valence-corrected chi connectivity index (χ3v) is 3.65. The highest BCUT2D eigenvalue weighted by atomic mass is 16.3. The van der Waals surface area contributed by atoms with Gasteiger partial charge in [-0.25, -0.2) is 4.98 Å². The maximum Gasteiger partial charge on any atom is 0.141 e. The third kappa shape index (κ3) is 1.60. The molecule has 1 unspecified atom stereocenters. The molecule has 0 spiro atoms. The second kappa shape index (κ2) is 4.04. The van der Waals surface area contributed by atoms with Crippen LogP contribution >= 0.6 is 0 Å². The molecule has 1 aliphatic heterocycles. The molecule has 1 N–H and O–H groups in total. The van der Waals surface area contributed by atoms with Gasteiger partial charge in [0.2, 0.25) is 0 Å². The summed E-state index contributed by atoms with van der Waals surface area (Å²) >= 11 is 0. The second-order valence-electron chi connectivity index (χ2n) is 4.55. The minimum Gasteiger partial charge on any atom is -0.506 e. The zero-order valence-electron chi connectivity index (χ0n) is 10.0. The summed E-state index contributed by atoms with van der Waals surface area (Å²) in [5.74, 6) is 1.35. The van der Waals surface area contributed by atoms with Gasteiger partial charge in [-0.3, -0.25) is 9.30 Å². The van der Waals surface area contributed by atoms with Crippen molar-refractivity contribution in [3.05, 3.63) is 30.4 Å². The Morgan fingerprint density at radius 2 is 2.41 bits per heavy atom. The largest absolute Gasteiger partial charge is 0.506 e. The van der Waals surface area contributed by atoms with Crippen LogP contribution in [0, 0.1) is 0 Å². The van der Waals surface area contributed by atoms with E-state index >= 15 is 0 Å². The summed E-state index contributed by atoms with van der Waals surface area (Å²) in [6.07, 6.45) is 6.12. The fourth-order valence-corrected chi connectivity index (χ4v) is 2.77. The lowest BCUT2D eigenvalue weighted by molar-refractivity contribution is 0.261. The molecule has 1 atom stereocenters. The Morgan fingerprint density at radius 1 is 1.53 bits per heavy atom. The highest BCUT2D eigenvalue weighted by Crippen LogP contribution is 2.32. The first-order valence-corrected chi connectivity index (χ1v) is 6.20. The Bertz CT molecular complexity index is 534. The topological polar surface area (TPSA) is 40.8 Å². The van der Waals surface area contributed by atoms with Gasteiger partial charge in [-0.2, -0.15) is 0 Å². The first-order chi connectivity index (χ1) is 8.31. The quantitative estimate of drug-likeness (QED) is 0.861. The van der Waals surface area contributed by atoms with Crippen LogP contribution in [0.3, 0.4) is 0 Å². The second-order valence-corrected chi connectivity index (χ2v) is 4.55. The summed E-state index contributed by atoms with van der Waals surface area (Å²) in [6.45, 7) is 4.39. The molecule has 0 amide bonds. The van der Waals surface area contributed by atoms with Crippen molar-refractivity contribution in [1.82, 2.24) is 14.3 Å². The number of nitrogens with zero attached hydrogens (tertiary/aromatic N) is 3. The van der Waals surface area contributed by atoms with Gasteiger partial charge >= 0.3 is 0 Å². The highest BCUT2D eigenvalue weighted by molar-refractivity contribution is 5.58. The highest BCUT2D eigenvalue weighted by Gasteiger charge is 2.28. The Kier molecular flexibility index (Phi) is 2.52. The van der Waals surface area contributed by atoms with Gasteiger partial charge in [-0.05, 0) is 38.1 Å². The van der Waals surface area contributed by atoms with Crippen molar-refractivity contribution < 1.29 is 5.11 Å². The molecule has 1 aliphatic rings. The van der Waals surface area contributed by atoms with Gasteiger partial charge in [-0.1, -0.05) is 6.92 Å². The van der Waals surface area contributed by atoms with Crippen molar-refractivity contribution in [2.24, 2.45) is 0 Å². The molecule has 4 nitrogen and oxygen atoms in total. The maximum absolute atomic E-state index is 9.78. The van der Waals surface area contributed by atoms with E-state index in [2.05, 4.69) is 16.8 Å². The van der Waals surface area contributed by atoms with E-state index in [0.717, 1.165) is 30.9 Å². The van der Waals surface area contributed by atoms with Gasteiger partial charge < -0.3 is 5.11 Å². The van der Waals surface area contributed by atoms with E-state index in [9.17, 15) is 5.11 Å². The molecule has 1 saturated heterocycles. The lowest BCUT2D eigenvalue weighted by Gasteiger charge is -2.21. The Morgan fingerprint density at radius 3 is 3.24 bits per heavy atom. The van der Waals surface area contributed by atoms with Gasteiger partial charge in [0.05, 0.1) is 12.2 Å². The summed E-state index contributed by atoms with van der Waals surface area (Å²) < 4.78 is 2.01. The fraction of sp³-hybridized carbons (Fsp3) is 0.462. The van der Waals surface area contributed by atoms with E-state index in [-0.39, 0.29) is 0 Å². The molecule has 0 saturated carbocycles. The van der Waals surface area contributed by atoms with Crippen molar-refractivity contribution in [1.29, 1.82) is 0 Å². The van der Waals surface area contributed by atoms with Crippen LogP contribution in [0.1, 0.15) is 31.6 Å². The number of aromatic nitrogens is 2. The zero-order valence-corrected chi connectivity index (χ0v) is 10.0. The molecule has 0 bridgehead atoms. The molecule has 2 aromatic heterocycles. The van der Waals surface area contributed by atoms with E-state index in [1.165, 1.54) is 6.42 Å². The van der Waals surface area contributed by atoms with E-state index in [0.29, 0.717) is 11.8 Å². The predicted molar refractivity (Wildman–Crippen MR) is 66.1 cm³/mol. The third-order valence-electron chi connectivity index (χ3n) is 3.65. The monoisotopic (exact) mass is 231 g/mol. The number of fused-ring (bicyclic) bond motifs is 1. The summed E-state index contributed by atoms with van der Waals surface area (Å²) in [5, 5.41) is 9.78. The van der Waals surface area contributed by atoms with Crippen molar-refractivity contribution >= 4 is 5.52 Å². The van der Waals surface area contributed by atoms with Crippen molar-refractivity contribution in [3.63, 3.8) is 0 Å². The molecular weight excluding hydrogens is 214 g/mol. The first kappa shape index (κ1) is 10.6. The first-order valence-electron chi connectivity index (χ1n) is 6.20. The summed E-state index contributed by atoms with van der Waals surface area (Å²) in [4.78, 5) is 6.94. The minimum atomic E-state index is 0.298. The van der Waals surface area contributed by atoms with Gasteiger partial charge in [0, 0.05) is 6.20 Å². The summed E-state index contributed by atoms with van der Waals surface area (Å²) in [5.41, 5.74) is 0.797. The summed E-state index contributed by atoms with van der Waals surface area (Å²) in [6, 6.07) is 3.95.